The molecule has 0 aliphatic rings. The van der Waals surface area contributed by atoms with Gasteiger partial charge in [0.25, 0.3) is 0 Å². The van der Waals surface area contributed by atoms with Crippen LogP contribution in [-0.2, 0) is 0 Å². The van der Waals surface area contributed by atoms with E-state index >= 15 is 0 Å². The van der Waals surface area contributed by atoms with Crippen molar-refractivity contribution in [3.63, 3.8) is 0 Å². The lowest BCUT2D eigenvalue weighted by atomic mass is 10.4. The average Bonchev–Trinajstić information content (AvgIpc) is 2.02. The van der Waals surface area contributed by atoms with Gasteiger partial charge < -0.3 is 0 Å². The molecule has 12 heavy (non-hydrogen) atoms. The summed E-state index contributed by atoms with van der Waals surface area (Å²) < 4.78 is 0. The molecule has 0 saturated heterocycles. The van der Waals surface area contributed by atoms with E-state index < -0.39 is 0 Å². The van der Waals surface area contributed by atoms with Gasteiger partial charge in [-0.05, 0) is 33.4 Å². The van der Waals surface area contributed by atoms with Crippen LogP contribution < -0.4 is 0 Å². The van der Waals surface area contributed by atoms with Gasteiger partial charge in [0, 0.05) is 9.82 Å². The third kappa shape index (κ3) is 4.57. The second-order valence-corrected chi connectivity index (χ2v) is 1.48. The summed E-state index contributed by atoms with van der Waals surface area (Å²) in [6.07, 6.45) is 2.10. The number of amidine groups is 2. The summed E-state index contributed by atoms with van der Waals surface area (Å²) in [5.74, 6) is -0.703. The Morgan fingerprint density at radius 1 is 1.00 bits per heavy atom. The molecule has 0 aliphatic heterocycles. The zero-order valence-corrected chi connectivity index (χ0v) is 5.84. The number of hydrogen-bond donors (Lipinski definition) is 2. The highest BCUT2D eigenvalue weighted by Gasteiger charge is 1.85. The van der Waals surface area contributed by atoms with Gasteiger partial charge in [-0.25, -0.2) is 0 Å². The molecule has 0 radical (unpaired) electrons. The Kier molecular flexibility index (Phi) is 4.43. The van der Waals surface area contributed by atoms with Crippen molar-refractivity contribution in [3.05, 3.63) is 33.0 Å². The van der Waals surface area contributed by atoms with Crippen LogP contribution in [0.1, 0.15) is 0 Å². The summed E-state index contributed by atoms with van der Waals surface area (Å²) >= 11 is 0. The van der Waals surface area contributed by atoms with E-state index in [9.17, 15) is 0 Å². The van der Waals surface area contributed by atoms with E-state index in [2.05, 4.69) is 20.1 Å². The minimum absolute atomic E-state index is 0.351. The van der Waals surface area contributed by atoms with Gasteiger partial charge in [-0.15, -0.1) is 0 Å². The summed E-state index contributed by atoms with van der Waals surface area (Å²) in [7, 11) is 0. The fraction of sp³-hybridized carbons (Fsp3) is 0. The van der Waals surface area contributed by atoms with E-state index in [-0.39, 0.29) is 11.7 Å². The number of nitrogens with zero attached hydrogens (tertiary/aromatic N) is 6. The maximum absolute atomic E-state index is 7.85. The standard InChI is InChI=1S/C4H4N8/c5-3(9-11-7)1-2-4(6)10-12-8/h1-2,5-6H/b2-1-,5-3?,6-4?. The van der Waals surface area contributed by atoms with E-state index in [1.165, 1.54) is 0 Å². The first-order valence-corrected chi connectivity index (χ1v) is 2.66. The van der Waals surface area contributed by atoms with Crippen LogP contribution in [0.4, 0.5) is 0 Å². The van der Waals surface area contributed by atoms with Crippen LogP contribution in [0.5, 0.6) is 0 Å². The summed E-state index contributed by atoms with van der Waals surface area (Å²) in [4.78, 5) is 4.67. The Morgan fingerprint density at radius 3 is 1.58 bits per heavy atom. The Labute approximate surface area is 66.8 Å². The smallest absolute Gasteiger partial charge is 0.118 e. The van der Waals surface area contributed by atoms with Crippen molar-refractivity contribution in [2.75, 3.05) is 0 Å². The maximum atomic E-state index is 7.85. The molecule has 0 saturated carbocycles. The van der Waals surface area contributed by atoms with E-state index in [0.29, 0.717) is 0 Å². The molecule has 0 unspecified atom stereocenters. The largest absolute Gasteiger partial charge is 0.299 e. The molecule has 0 spiro atoms. The summed E-state index contributed by atoms with van der Waals surface area (Å²) in [6.45, 7) is 0. The summed E-state index contributed by atoms with van der Waals surface area (Å²) in [6, 6.07) is 0. The van der Waals surface area contributed by atoms with Gasteiger partial charge in [0.15, 0.2) is 0 Å². The fourth-order valence-corrected chi connectivity index (χ4v) is 0.321. The molecule has 0 aromatic rings. The van der Waals surface area contributed by atoms with Crippen molar-refractivity contribution >= 4 is 11.7 Å². The minimum Gasteiger partial charge on any atom is -0.299 e. The molecule has 0 aliphatic carbocycles. The number of azide groups is 2. The molecule has 0 amide bonds. The second kappa shape index (κ2) is 5.48. The van der Waals surface area contributed by atoms with E-state index in [0.717, 1.165) is 12.2 Å². The molecule has 2 N–H and O–H groups in total. The summed E-state index contributed by atoms with van der Waals surface area (Å²) in [5, 5.41) is 19.6. The molecule has 0 rings (SSSR count). The molecule has 60 valence electrons. The molecule has 8 nitrogen and oxygen atoms in total. The van der Waals surface area contributed by atoms with E-state index in [4.69, 9.17) is 21.9 Å². The minimum atomic E-state index is -0.351. The molecule has 0 bridgehead atoms. The van der Waals surface area contributed by atoms with Gasteiger partial charge in [0.1, 0.15) is 11.7 Å². The highest BCUT2D eigenvalue weighted by Crippen LogP contribution is 1.84. The third-order valence-electron chi connectivity index (χ3n) is 0.704. The summed E-state index contributed by atoms with van der Waals surface area (Å²) in [5.41, 5.74) is 15.7. The zero-order chi connectivity index (χ0) is 9.40. The predicted molar refractivity (Wildman–Crippen MR) is 42.9 cm³/mol. The van der Waals surface area contributed by atoms with Crippen LogP contribution in [0.2, 0.25) is 0 Å². The molecule has 8 heteroatoms. The van der Waals surface area contributed by atoms with Crippen LogP contribution in [0.25, 0.3) is 20.9 Å². The normalized spacial score (nSPS) is 8.33. The zero-order valence-electron chi connectivity index (χ0n) is 5.84. The number of nitrogens with one attached hydrogen (secondary N) is 2. The SMILES string of the molecule is [N-]=[N+]=NC(=N)/C=C\C(=N)N=[N+]=[N-]. The Hall–Kier alpha value is -2.30. The van der Waals surface area contributed by atoms with Crippen molar-refractivity contribution in [1.29, 1.82) is 10.8 Å². The highest BCUT2D eigenvalue weighted by molar-refractivity contribution is 5.99. The van der Waals surface area contributed by atoms with Gasteiger partial charge in [-0.3, -0.25) is 10.8 Å². The fourth-order valence-electron chi connectivity index (χ4n) is 0.321. The molecule has 0 fully saturated rings. The van der Waals surface area contributed by atoms with Gasteiger partial charge in [-0.1, -0.05) is 0 Å². The van der Waals surface area contributed by atoms with Crippen molar-refractivity contribution in [2.24, 2.45) is 10.2 Å². The predicted octanol–water partition coefficient (Wildman–Crippen LogP) is 2.12. The Morgan fingerprint density at radius 2 is 1.33 bits per heavy atom. The first-order valence-electron chi connectivity index (χ1n) is 2.66. The number of rotatable bonds is 2. The average molecular weight is 164 g/mol. The molecule has 0 aromatic carbocycles. The molecular weight excluding hydrogens is 160 g/mol. The highest BCUT2D eigenvalue weighted by atomic mass is 15.2. The molecule has 0 aromatic heterocycles. The van der Waals surface area contributed by atoms with Crippen LogP contribution >= 0.6 is 0 Å². The second-order valence-electron chi connectivity index (χ2n) is 1.48. The molecule has 0 atom stereocenters. The maximum Gasteiger partial charge on any atom is 0.118 e. The molecular formula is C4H4N8. The number of hydrogen-bond acceptors (Lipinski definition) is 2. The lowest BCUT2D eigenvalue weighted by molar-refractivity contribution is 1.42. The Bertz CT molecular complexity index is 280. The van der Waals surface area contributed by atoms with Crippen molar-refractivity contribution < 1.29 is 0 Å². The van der Waals surface area contributed by atoms with Crippen LogP contribution in [0.3, 0.4) is 0 Å². The van der Waals surface area contributed by atoms with Gasteiger partial charge in [0.05, 0.1) is 0 Å². The van der Waals surface area contributed by atoms with Gasteiger partial charge >= 0.3 is 0 Å². The Balaban J connectivity index is 4.25. The van der Waals surface area contributed by atoms with Crippen molar-refractivity contribution in [2.45, 2.75) is 0 Å². The van der Waals surface area contributed by atoms with Crippen LogP contribution in [0.15, 0.2) is 22.4 Å². The third-order valence-corrected chi connectivity index (χ3v) is 0.704. The van der Waals surface area contributed by atoms with Crippen LogP contribution in [0, 0.1) is 10.8 Å². The first-order chi connectivity index (χ1) is 5.70. The van der Waals surface area contributed by atoms with E-state index in [1.807, 2.05) is 0 Å². The van der Waals surface area contributed by atoms with Crippen LogP contribution in [-0.4, -0.2) is 11.7 Å². The van der Waals surface area contributed by atoms with Gasteiger partial charge in [-0.2, -0.15) is 0 Å². The lowest BCUT2D eigenvalue weighted by Gasteiger charge is -1.82. The lowest BCUT2D eigenvalue weighted by Crippen LogP contribution is -1.86. The quantitative estimate of drug-likeness (QED) is 0.202. The van der Waals surface area contributed by atoms with Crippen molar-refractivity contribution in [1.82, 2.24) is 0 Å². The molecule has 0 heterocycles. The first kappa shape index (κ1) is 9.70. The van der Waals surface area contributed by atoms with E-state index in [1.54, 1.807) is 0 Å². The van der Waals surface area contributed by atoms with Crippen molar-refractivity contribution in [3.8, 4) is 0 Å². The topological polar surface area (TPSA) is 145 Å². The monoisotopic (exact) mass is 164 g/mol. The van der Waals surface area contributed by atoms with Gasteiger partial charge in [0.2, 0.25) is 0 Å².